The van der Waals surface area contributed by atoms with E-state index in [1.54, 1.807) is 18.8 Å². The average Bonchev–Trinajstić information content (AvgIpc) is 2.66. The smallest absolute Gasteiger partial charge is 0.130 e. The van der Waals surface area contributed by atoms with Gasteiger partial charge in [0.15, 0.2) is 0 Å². The van der Waals surface area contributed by atoms with E-state index >= 15 is 0 Å². The lowest BCUT2D eigenvalue weighted by molar-refractivity contribution is 0.177. The molecule has 0 saturated heterocycles. The zero-order valence-electron chi connectivity index (χ0n) is 11.5. The van der Waals surface area contributed by atoms with Gasteiger partial charge in [-0.25, -0.2) is 0 Å². The summed E-state index contributed by atoms with van der Waals surface area (Å²) in [5.41, 5.74) is 2.45. The summed E-state index contributed by atoms with van der Waals surface area (Å²) in [4.78, 5) is 0. The quantitative estimate of drug-likeness (QED) is 0.910. The third kappa shape index (κ3) is 3.00. The molecule has 0 spiro atoms. The Morgan fingerprint density at radius 2 is 2.20 bits per heavy atom. The monoisotopic (exact) mass is 358 g/mol. The first-order chi connectivity index (χ1) is 9.43. The van der Waals surface area contributed by atoms with E-state index in [1.807, 2.05) is 25.1 Å². The van der Waals surface area contributed by atoms with Crippen molar-refractivity contribution in [3.63, 3.8) is 0 Å². The van der Waals surface area contributed by atoms with Crippen molar-refractivity contribution in [2.45, 2.75) is 19.4 Å². The van der Waals surface area contributed by atoms with Crippen LogP contribution in [0.3, 0.4) is 0 Å². The minimum atomic E-state index is -0.681. The van der Waals surface area contributed by atoms with Gasteiger partial charge in [-0.1, -0.05) is 27.5 Å². The van der Waals surface area contributed by atoms with Gasteiger partial charge in [0.1, 0.15) is 10.9 Å². The molecule has 1 unspecified atom stereocenters. The Kier molecular flexibility index (Phi) is 4.73. The molecule has 1 heterocycles. The Labute approximate surface area is 131 Å². The van der Waals surface area contributed by atoms with Crippen LogP contribution < -0.4 is 4.74 Å². The number of aryl methyl sites for hydroxylation is 2. The van der Waals surface area contributed by atoms with Crippen LogP contribution in [0.2, 0.25) is 5.15 Å². The lowest BCUT2D eigenvalue weighted by Gasteiger charge is -2.14. The maximum Gasteiger partial charge on any atom is 0.130 e. The molecule has 1 atom stereocenters. The molecule has 20 heavy (non-hydrogen) atoms. The number of rotatable bonds is 4. The summed E-state index contributed by atoms with van der Waals surface area (Å²) in [7, 11) is 3.38. The third-order valence-corrected chi connectivity index (χ3v) is 4.42. The number of aliphatic hydroxyl groups excluding tert-OH is 1. The topological polar surface area (TPSA) is 47.3 Å². The van der Waals surface area contributed by atoms with E-state index in [1.165, 1.54) is 0 Å². The van der Waals surface area contributed by atoms with Gasteiger partial charge in [-0.2, -0.15) is 5.10 Å². The second-order valence-electron chi connectivity index (χ2n) is 4.59. The number of ether oxygens (including phenoxy) is 1. The molecular formula is C14H16BrClN2O2. The molecular weight excluding hydrogens is 344 g/mol. The molecule has 1 N–H and O–H groups in total. The fourth-order valence-corrected chi connectivity index (χ4v) is 2.88. The highest BCUT2D eigenvalue weighted by molar-refractivity contribution is 9.10. The van der Waals surface area contributed by atoms with Crippen molar-refractivity contribution in [2.24, 2.45) is 7.05 Å². The van der Waals surface area contributed by atoms with Gasteiger partial charge in [-0.05, 0) is 30.7 Å². The molecule has 1 aromatic heterocycles. The third-order valence-electron chi connectivity index (χ3n) is 3.23. The lowest BCUT2D eigenvalue weighted by Crippen LogP contribution is -2.04. The molecule has 0 fully saturated rings. The molecule has 4 nitrogen and oxygen atoms in total. The average molecular weight is 360 g/mol. The highest BCUT2D eigenvalue weighted by Gasteiger charge is 2.19. The first kappa shape index (κ1) is 15.4. The van der Waals surface area contributed by atoms with Crippen LogP contribution in [-0.2, 0) is 13.5 Å². The number of nitrogens with zero attached hydrogens (tertiary/aromatic N) is 2. The summed E-state index contributed by atoms with van der Waals surface area (Å²) in [5, 5.41) is 15.3. The number of methoxy groups -OCH3 is 1. The van der Waals surface area contributed by atoms with E-state index in [0.29, 0.717) is 17.3 Å². The van der Waals surface area contributed by atoms with Crippen LogP contribution >= 0.6 is 27.5 Å². The maximum atomic E-state index is 10.5. The van der Waals surface area contributed by atoms with Crippen LogP contribution in [0.15, 0.2) is 22.7 Å². The molecule has 2 rings (SSSR count). The molecule has 0 aliphatic heterocycles. The van der Waals surface area contributed by atoms with Crippen LogP contribution in [0.5, 0.6) is 5.75 Å². The number of halogens is 2. The summed E-state index contributed by atoms with van der Waals surface area (Å²) in [6.07, 6.45) is -0.274. The SMILES string of the molecule is COc1ccc(Br)c(C(O)Cc2c(C)nn(C)c2Cl)c1. The first-order valence-corrected chi connectivity index (χ1v) is 7.30. The molecule has 0 aliphatic carbocycles. The zero-order chi connectivity index (χ0) is 14.9. The van der Waals surface area contributed by atoms with Gasteiger partial charge in [0, 0.05) is 23.5 Å². The molecule has 0 amide bonds. The highest BCUT2D eigenvalue weighted by Crippen LogP contribution is 2.31. The van der Waals surface area contributed by atoms with Gasteiger partial charge < -0.3 is 9.84 Å². The Bertz CT molecular complexity index is 628. The maximum absolute atomic E-state index is 10.5. The van der Waals surface area contributed by atoms with Gasteiger partial charge in [0.05, 0.1) is 18.9 Å². The normalized spacial score (nSPS) is 12.5. The van der Waals surface area contributed by atoms with Crippen molar-refractivity contribution in [3.8, 4) is 5.75 Å². The molecule has 0 saturated carbocycles. The van der Waals surface area contributed by atoms with Gasteiger partial charge in [-0.3, -0.25) is 4.68 Å². The Morgan fingerprint density at radius 3 is 2.75 bits per heavy atom. The van der Waals surface area contributed by atoms with E-state index in [4.69, 9.17) is 16.3 Å². The van der Waals surface area contributed by atoms with E-state index in [-0.39, 0.29) is 0 Å². The molecule has 108 valence electrons. The van der Waals surface area contributed by atoms with Gasteiger partial charge in [0.2, 0.25) is 0 Å². The molecule has 1 aromatic carbocycles. The highest BCUT2D eigenvalue weighted by atomic mass is 79.9. The fourth-order valence-electron chi connectivity index (χ4n) is 2.11. The Hall–Kier alpha value is -1.04. The van der Waals surface area contributed by atoms with Crippen molar-refractivity contribution in [1.82, 2.24) is 9.78 Å². The zero-order valence-corrected chi connectivity index (χ0v) is 13.9. The number of aliphatic hydroxyl groups is 1. The summed E-state index contributed by atoms with van der Waals surface area (Å²) < 4.78 is 7.63. The number of benzene rings is 1. The van der Waals surface area contributed by atoms with Crippen LogP contribution in [0.1, 0.15) is 22.9 Å². The van der Waals surface area contributed by atoms with E-state index < -0.39 is 6.10 Å². The molecule has 0 radical (unpaired) electrons. The molecule has 0 bridgehead atoms. The Morgan fingerprint density at radius 1 is 1.50 bits per heavy atom. The summed E-state index contributed by atoms with van der Waals surface area (Å²) >= 11 is 9.64. The van der Waals surface area contributed by atoms with Crippen molar-refractivity contribution in [3.05, 3.63) is 44.6 Å². The van der Waals surface area contributed by atoms with Gasteiger partial charge in [-0.15, -0.1) is 0 Å². The van der Waals surface area contributed by atoms with Crippen LogP contribution in [-0.4, -0.2) is 22.0 Å². The van der Waals surface area contributed by atoms with Crippen LogP contribution in [0.25, 0.3) is 0 Å². The predicted molar refractivity (Wildman–Crippen MR) is 82.3 cm³/mol. The predicted octanol–water partition coefficient (Wildman–Crippen LogP) is 3.43. The van der Waals surface area contributed by atoms with Gasteiger partial charge >= 0.3 is 0 Å². The Balaban J connectivity index is 2.30. The second kappa shape index (κ2) is 6.16. The fraction of sp³-hybridized carbons (Fsp3) is 0.357. The molecule has 2 aromatic rings. The first-order valence-electron chi connectivity index (χ1n) is 6.13. The lowest BCUT2D eigenvalue weighted by atomic mass is 10.0. The second-order valence-corrected chi connectivity index (χ2v) is 5.80. The number of hydrogen-bond acceptors (Lipinski definition) is 3. The molecule has 0 aliphatic rings. The van der Waals surface area contributed by atoms with Crippen LogP contribution in [0, 0.1) is 6.92 Å². The van der Waals surface area contributed by atoms with Crippen molar-refractivity contribution in [2.75, 3.05) is 7.11 Å². The van der Waals surface area contributed by atoms with Gasteiger partial charge in [0.25, 0.3) is 0 Å². The standard InChI is InChI=1S/C14H16BrClN2O2/c1-8-10(14(16)18(2)17-8)7-13(19)11-6-9(20-3)4-5-12(11)15/h4-6,13,19H,7H2,1-3H3. The van der Waals surface area contributed by atoms with E-state index in [0.717, 1.165) is 21.3 Å². The van der Waals surface area contributed by atoms with E-state index in [9.17, 15) is 5.11 Å². The van der Waals surface area contributed by atoms with Crippen molar-refractivity contribution >= 4 is 27.5 Å². The van der Waals surface area contributed by atoms with Crippen LogP contribution in [0.4, 0.5) is 0 Å². The van der Waals surface area contributed by atoms with Crippen molar-refractivity contribution < 1.29 is 9.84 Å². The minimum Gasteiger partial charge on any atom is -0.497 e. The summed E-state index contributed by atoms with van der Waals surface area (Å²) in [5.74, 6) is 0.705. The summed E-state index contributed by atoms with van der Waals surface area (Å²) in [6, 6.07) is 5.51. The van der Waals surface area contributed by atoms with Crippen molar-refractivity contribution in [1.29, 1.82) is 0 Å². The number of hydrogen-bond donors (Lipinski definition) is 1. The molecule has 6 heteroatoms. The largest absolute Gasteiger partial charge is 0.497 e. The minimum absolute atomic E-state index is 0.407. The summed E-state index contributed by atoms with van der Waals surface area (Å²) in [6.45, 7) is 1.88. The van der Waals surface area contributed by atoms with E-state index in [2.05, 4.69) is 21.0 Å². The number of aromatic nitrogens is 2.